The van der Waals surface area contributed by atoms with Crippen LogP contribution in [0.15, 0.2) is 261 Å². The van der Waals surface area contributed by atoms with Gasteiger partial charge in [0, 0.05) is 66.7 Å². The summed E-state index contributed by atoms with van der Waals surface area (Å²) in [5, 5.41) is 18.7. The van der Waals surface area contributed by atoms with Crippen molar-refractivity contribution in [3.63, 3.8) is 0 Å². The Morgan fingerprint density at radius 2 is 0.658 bits per heavy atom. The molecule has 0 amide bonds. The maximum Gasteiger partial charge on any atom is 0.187 e. The van der Waals surface area contributed by atoms with Gasteiger partial charge in [0.25, 0.3) is 0 Å². The quantitative estimate of drug-likeness (QED) is 0.128. The predicted octanol–water partition coefficient (Wildman–Crippen LogP) is 19.6. The number of aromatic nitrogens is 1. The first-order chi connectivity index (χ1) is 37.5. The fraction of sp³-hybridized carbons (Fsp3) is 0. The Labute approximate surface area is 440 Å². The lowest BCUT2D eigenvalue weighted by molar-refractivity contribution is 1.17. The Morgan fingerprint density at radius 3 is 1.04 bits per heavy atom. The van der Waals surface area contributed by atoms with Crippen LogP contribution in [-0.4, -0.2) is 4.57 Å². The van der Waals surface area contributed by atoms with Crippen molar-refractivity contribution < 1.29 is 0 Å². The first-order valence-electron chi connectivity index (χ1n) is 25.0. The molecule has 354 valence electrons. The highest BCUT2D eigenvalue weighted by molar-refractivity contribution is 6.12. The Hall–Kier alpha value is -10.9. The lowest BCUT2D eigenvalue weighted by Crippen LogP contribution is -2.11. The normalized spacial score (nSPS) is 11.1. The van der Waals surface area contributed by atoms with Gasteiger partial charge in [0.2, 0.25) is 0 Å². The molecule has 0 fully saturated rings. The van der Waals surface area contributed by atoms with Gasteiger partial charge in [-0.3, -0.25) is 0 Å². The van der Waals surface area contributed by atoms with Crippen LogP contribution in [0.5, 0.6) is 0 Å². The number of hydrogen-bond acceptors (Lipinski definition) is 4. The molecule has 0 atom stereocenters. The predicted molar refractivity (Wildman–Crippen MR) is 315 cm³/mol. The second-order valence-electron chi connectivity index (χ2n) is 18.7. The molecular weight excluding hydrogens is 927 g/mol. The van der Waals surface area contributed by atoms with Gasteiger partial charge in [0.15, 0.2) is 11.4 Å². The van der Waals surface area contributed by atoms with Gasteiger partial charge < -0.3 is 19.3 Å². The van der Waals surface area contributed by atoms with Crippen molar-refractivity contribution in [3.05, 3.63) is 289 Å². The zero-order chi connectivity index (χ0) is 51.1. The van der Waals surface area contributed by atoms with E-state index in [0.29, 0.717) is 16.9 Å². The third-order valence-electron chi connectivity index (χ3n) is 14.4. The molecule has 0 aliphatic carbocycles. The summed E-state index contributed by atoms with van der Waals surface area (Å²) >= 11 is 0. The van der Waals surface area contributed by atoms with E-state index >= 15 is 0 Å². The van der Waals surface area contributed by atoms with Gasteiger partial charge in [-0.25, -0.2) is 9.69 Å². The van der Waals surface area contributed by atoms with Crippen LogP contribution in [0.2, 0.25) is 0 Å². The highest BCUT2D eigenvalue weighted by Crippen LogP contribution is 2.46. The molecule has 0 spiro atoms. The Kier molecular flexibility index (Phi) is 11.2. The lowest BCUT2D eigenvalue weighted by atomic mass is 10.0. The summed E-state index contributed by atoms with van der Waals surface area (Å²) in [5.41, 5.74) is 13.5. The minimum Gasteiger partial charge on any atom is -0.310 e. The van der Waals surface area contributed by atoms with Crippen molar-refractivity contribution in [1.29, 1.82) is 5.26 Å². The van der Waals surface area contributed by atoms with Crippen LogP contribution in [0, 0.1) is 24.5 Å². The molecule has 0 N–H and O–H groups in total. The highest BCUT2D eigenvalue weighted by Gasteiger charge is 2.23. The number of rotatable bonds is 10. The molecule has 7 nitrogen and oxygen atoms in total. The van der Waals surface area contributed by atoms with Crippen LogP contribution in [0.1, 0.15) is 5.56 Å². The molecule has 13 rings (SSSR count). The van der Waals surface area contributed by atoms with Gasteiger partial charge in [0.1, 0.15) is 0 Å². The fourth-order valence-electron chi connectivity index (χ4n) is 10.8. The first-order valence-corrected chi connectivity index (χ1v) is 25.0. The number of nitriles is 1. The molecule has 0 radical (unpaired) electrons. The standard InChI is InChI=1S/C69H43N7/c1-71-51-26-32-54(33-27-51)73(65-21-9-15-48-12-3-6-18-60(48)65)56-36-38-57(39-37-56)76-68-44-58(74(53-30-24-47(46-70)25-31-53)66-22-10-16-49-13-4-7-19-61(49)66)40-42-63(68)64-43-41-59(45-69(64)76)75(55-34-28-52(72-2)29-35-55)67-23-11-17-50-14-5-8-20-62(50)67/h3-45H. The molecule has 0 unspecified atom stereocenters. The third-order valence-corrected chi connectivity index (χ3v) is 14.4. The molecule has 0 bridgehead atoms. The van der Waals surface area contributed by atoms with E-state index in [1.54, 1.807) is 0 Å². The van der Waals surface area contributed by atoms with Crippen LogP contribution in [0.25, 0.3) is 69.5 Å². The summed E-state index contributed by atoms with van der Waals surface area (Å²) < 4.78 is 2.37. The van der Waals surface area contributed by atoms with E-state index in [0.717, 1.165) is 111 Å². The molecule has 76 heavy (non-hydrogen) atoms. The molecule has 7 heteroatoms. The minimum absolute atomic E-state index is 0.578. The zero-order valence-corrected chi connectivity index (χ0v) is 41.0. The van der Waals surface area contributed by atoms with Crippen LogP contribution in [0.4, 0.5) is 62.6 Å². The summed E-state index contributed by atoms with van der Waals surface area (Å²) in [6.07, 6.45) is 0. The topological polar surface area (TPSA) is 47.2 Å². The SMILES string of the molecule is [C-]#[N+]c1ccc(N(c2ccc(-n3c4cc(N(c5ccc(C#N)cc5)c5cccc6ccccc56)ccc4c4ccc(N(c5ccc([N+]#[C-])cc5)c5cccc6ccccc56)cc43)cc2)c2cccc3ccccc23)cc1. The van der Waals surface area contributed by atoms with Crippen LogP contribution in [-0.2, 0) is 0 Å². The van der Waals surface area contributed by atoms with Crippen molar-refractivity contribution in [1.82, 2.24) is 4.57 Å². The molecule has 1 heterocycles. The van der Waals surface area contributed by atoms with Gasteiger partial charge >= 0.3 is 0 Å². The van der Waals surface area contributed by atoms with E-state index in [-0.39, 0.29) is 0 Å². The molecule has 0 saturated carbocycles. The smallest absolute Gasteiger partial charge is 0.187 e. The van der Waals surface area contributed by atoms with Crippen LogP contribution in [0.3, 0.4) is 0 Å². The monoisotopic (exact) mass is 969 g/mol. The second kappa shape index (κ2) is 18.9. The highest BCUT2D eigenvalue weighted by atomic mass is 15.2. The largest absolute Gasteiger partial charge is 0.310 e. The molecule has 13 aromatic rings. The summed E-state index contributed by atoms with van der Waals surface area (Å²) in [6.45, 7) is 15.4. The number of fused-ring (bicyclic) bond motifs is 6. The number of nitrogens with zero attached hydrogens (tertiary/aromatic N) is 7. The fourth-order valence-corrected chi connectivity index (χ4v) is 10.8. The number of hydrogen-bond donors (Lipinski definition) is 0. The van der Waals surface area contributed by atoms with Gasteiger partial charge in [0.05, 0.1) is 52.9 Å². The van der Waals surface area contributed by atoms with Crippen LogP contribution < -0.4 is 14.7 Å². The van der Waals surface area contributed by atoms with E-state index in [4.69, 9.17) is 13.1 Å². The first kappa shape index (κ1) is 45.0. The molecular formula is C69H43N7. The Balaban J connectivity index is 1.06. The lowest BCUT2D eigenvalue weighted by Gasteiger charge is -2.28. The maximum absolute atomic E-state index is 9.85. The average molecular weight is 970 g/mol. The molecule has 0 aliphatic heterocycles. The molecule has 0 saturated heterocycles. The van der Waals surface area contributed by atoms with Gasteiger partial charge in [-0.15, -0.1) is 0 Å². The van der Waals surface area contributed by atoms with E-state index in [1.807, 2.05) is 72.8 Å². The number of benzene rings is 12. The van der Waals surface area contributed by atoms with Crippen molar-refractivity contribution >= 4 is 117 Å². The maximum atomic E-state index is 9.85. The van der Waals surface area contributed by atoms with E-state index in [9.17, 15) is 5.26 Å². The van der Waals surface area contributed by atoms with Crippen molar-refractivity contribution in [3.8, 4) is 11.8 Å². The summed E-state index contributed by atoms with van der Waals surface area (Å²) in [5.74, 6) is 0. The zero-order valence-electron chi connectivity index (χ0n) is 41.0. The van der Waals surface area contributed by atoms with Gasteiger partial charge in [-0.2, -0.15) is 5.26 Å². The minimum atomic E-state index is 0.578. The molecule has 0 aliphatic rings. The van der Waals surface area contributed by atoms with Gasteiger partial charge in [-0.1, -0.05) is 146 Å². The van der Waals surface area contributed by atoms with Crippen molar-refractivity contribution in [2.75, 3.05) is 14.7 Å². The van der Waals surface area contributed by atoms with E-state index < -0.39 is 0 Å². The average Bonchev–Trinajstić information content (AvgIpc) is 3.82. The van der Waals surface area contributed by atoms with E-state index in [1.165, 1.54) is 0 Å². The summed E-state index contributed by atoms with van der Waals surface area (Å²) in [4.78, 5) is 14.3. The molecule has 1 aromatic heterocycles. The molecule has 12 aromatic carbocycles. The summed E-state index contributed by atoms with van der Waals surface area (Å²) in [7, 11) is 0. The second-order valence-corrected chi connectivity index (χ2v) is 18.7. The van der Waals surface area contributed by atoms with Gasteiger partial charge in [-0.05, 0) is 131 Å². The Bertz CT molecular complexity index is 4290. The van der Waals surface area contributed by atoms with Crippen LogP contribution >= 0.6 is 0 Å². The van der Waals surface area contributed by atoms with Crippen molar-refractivity contribution in [2.45, 2.75) is 0 Å². The van der Waals surface area contributed by atoms with E-state index in [2.05, 4.69) is 223 Å². The third kappa shape index (κ3) is 7.84. The number of anilines is 9. The Morgan fingerprint density at radius 1 is 0.329 bits per heavy atom. The summed E-state index contributed by atoms with van der Waals surface area (Å²) in [6, 6.07) is 92.5. The van der Waals surface area contributed by atoms with Crippen molar-refractivity contribution in [2.24, 2.45) is 0 Å².